The fraction of sp³-hybridized carbons (Fsp3) is 0.650. The minimum atomic E-state index is -3.10. The number of nitrogens with one attached hydrogen (secondary N) is 2. The molecule has 166 valence electrons. The number of hydrogen-bond acceptors (Lipinski definition) is 4. The molecule has 1 fully saturated rings. The molecule has 1 atom stereocenters. The van der Waals surface area contributed by atoms with Crippen molar-refractivity contribution >= 4 is 40.0 Å². The van der Waals surface area contributed by atoms with Crippen LogP contribution in [0.5, 0.6) is 0 Å². The van der Waals surface area contributed by atoms with Crippen molar-refractivity contribution in [2.75, 3.05) is 46.0 Å². The second kappa shape index (κ2) is 13.4. The third-order valence-corrected chi connectivity index (χ3v) is 7.10. The molecular formula is C20H36IN5O2S. The molecule has 0 radical (unpaired) electrons. The molecule has 0 amide bonds. The monoisotopic (exact) mass is 537 g/mol. The van der Waals surface area contributed by atoms with E-state index in [0.717, 1.165) is 32.0 Å². The first kappa shape index (κ1) is 26.1. The van der Waals surface area contributed by atoms with Gasteiger partial charge in [0.15, 0.2) is 5.96 Å². The number of benzene rings is 1. The Balaban J connectivity index is 0.00000420. The standard InChI is InChI=1S/C20H35N5O2S.HI/c1-4-28(26,27)24(3)14-9-13-22-20(21-2)23-16-19-12-8-15-25(19)17-18-10-6-5-7-11-18;/h5-7,10-11,19H,4,8-9,12-17H2,1-3H3,(H2,21,22,23);1H. The third-order valence-electron chi connectivity index (χ3n) is 5.24. The van der Waals surface area contributed by atoms with E-state index >= 15 is 0 Å². The van der Waals surface area contributed by atoms with Gasteiger partial charge in [-0.3, -0.25) is 9.89 Å². The largest absolute Gasteiger partial charge is 0.356 e. The van der Waals surface area contributed by atoms with Crippen molar-refractivity contribution in [3.8, 4) is 0 Å². The predicted molar refractivity (Wildman–Crippen MR) is 131 cm³/mol. The molecule has 7 nitrogen and oxygen atoms in total. The Labute approximate surface area is 193 Å². The van der Waals surface area contributed by atoms with E-state index in [-0.39, 0.29) is 29.7 Å². The van der Waals surface area contributed by atoms with Crippen LogP contribution in [0.25, 0.3) is 0 Å². The lowest BCUT2D eigenvalue weighted by Crippen LogP contribution is -2.45. The summed E-state index contributed by atoms with van der Waals surface area (Å²) in [6.45, 7) is 5.83. The second-order valence-corrected chi connectivity index (χ2v) is 9.57. The number of sulfonamides is 1. The van der Waals surface area contributed by atoms with Crippen molar-refractivity contribution in [2.45, 2.75) is 38.8 Å². The Morgan fingerprint density at radius 3 is 2.66 bits per heavy atom. The third kappa shape index (κ3) is 8.77. The van der Waals surface area contributed by atoms with Gasteiger partial charge in [0.1, 0.15) is 0 Å². The van der Waals surface area contributed by atoms with Crippen LogP contribution in [0.3, 0.4) is 0 Å². The number of nitrogens with zero attached hydrogens (tertiary/aromatic N) is 3. The summed E-state index contributed by atoms with van der Waals surface area (Å²) in [5.41, 5.74) is 1.35. The first-order valence-electron chi connectivity index (χ1n) is 10.1. The highest BCUT2D eigenvalue weighted by Crippen LogP contribution is 2.19. The summed E-state index contributed by atoms with van der Waals surface area (Å²) in [7, 11) is 0.292. The second-order valence-electron chi connectivity index (χ2n) is 7.21. The summed E-state index contributed by atoms with van der Waals surface area (Å²) in [5, 5.41) is 6.70. The molecule has 1 aliphatic heterocycles. The minimum Gasteiger partial charge on any atom is -0.356 e. The van der Waals surface area contributed by atoms with Crippen LogP contribution >= 0.6 is 24.0 Å². The number of rotatable bonds is 10. The van der Waals surface area contributed by atoms with E-state index in [2.05, 4.69) is 50.9 Å². The van der Waals surface area contributed by atoms with E-state index in [1.807, 2.05) is 0 Å². The van der Waals surface area contributed by atoms with Gasteiger partial charge in [-0.15, -0.1) is 24.0 Å². The lowest BCUT2D eigenvalue weighted by molar-refractivity contribution is 0.245. The zero-order chi connectivity index (χ0) is 20.4. The van der Waals surface area contributed by atoms with E-state index in [9.17, 15) is 8.42 Å². The summed E-state index contributed by atoms with van der Waals surface area (Å²) in [6, 6.07) is 11.1. The maximum absolute atomic E-state index is 11.8. The average Bonchev–Trinajstić information content (AvgIpc) is 3.14. The van der Waals surface area contributed by atoms with Crippen LogP contribution in [-0.4, -0.2) is 75.7 Å². The Hall–Kier alpha value is -0.910. The molecule has 1 saturated heterocycles. The van der Waals surface area contributed by atoms with E-state index in [4.69, 9.17) is 0 Å². The van der Waals surface area contributed by atoms with Crippen molar-refractivity contribution in [3.05, 3.63) is 35.9 Å². The van der Waals surface area contributed by atoms with Crippen LogP contribution in [0.15, 0.2) is 35.3 Å². The van der Waals surface area contributed by atoms with Crippen molar-refractivity contribution in [1.29, 1.82) is 0 Å². The summed E-state index contributed by atoms with van der Waals surface area (Å²) in [6.07, 6.45) is 3.15. The highest BCUT2D eigenvalue weighted by molar-refractivity contribution is 14.0. The molecule has 0 spiro atoms. The number of likely N-dealkylation sites (tertiary alicyclic amines) is 1. The van der Waals surface area contributed by atoms with Crippen molar-refractivity contribution in [2.24, 2.45) is 4.99 Å². The maximum Gasteiger partial charge on any atom is 0.213 e. The Morgan fingerprint density at radius 1 is 1.28 bits per heavy atom. The molecule has 1 aromatic carbocycles. The summed E-state index contributed by atoms with van der Waals surface area (Å²) < 4.78 is 24.9. The van der Waals surface area contributed by atoms with Gasteiger partial charge in [0, 0.05) is 46.3 Å². The molecular weight excluding hydrogens is 501 g/mol. The summed E-state index contributed by atoms with van der Waals surface area (Å²) in [5.74, 6) is 0.911. The predicted octanol–water partition coefficient (Wildman–Crippen LogP) is 2.11. The molecule has 1 aliphatic rings. The molecule has 2 N–H and O–H groups in total. The van der Waals surface area contributed by atoms with Gasteiger partial charge in [0.2, 0.25) is 10.0 Å². The average molecular weight is 538 g/mol. The Morgan fingerprint density at radius 2 is 2.00 bits per heavy atom. The summed E-state index contributed by atoms with van der Waals surface area (Å²) >= 11 is 0. The molecule has 1 aromatic rings. The van der Waals surface area contributed by atoms with E-state index in [1.165, 1.54) is 22.7 Å². The fourth-order valence-corrected chi connectivity index (χ4v) is 4.30. The molecule has 0 bridgehead atoms. The fourth-order valence-electron chi connectivity index (χ4n) is 3.46. The molecule has 0 aliphatic carbocycles. The van der Waals surface area contributed by atoms with E-state index in [0.29, 0.717) is 19.1 Å². The van der Waals surface area contributed by atoms with Crippen LogP contribution in [0.2, 0.25) is 0 Å². The van der Waals surface area contributed by atoms with Gasteiger partial charge in [-0.1, -0.05) is 30.3 Å². The lowest BCUT2D eigenvalue weighted by Gasteiger charge is -2.25. The maximum atomic E-state index is 11.8. The topological polar surface area (TPSA) is 77.0 Å². The quantitative estimate of drug-likeness (QED) is 0.207. The molecule has 2 rings (SSSR count). The molecule has 1 unspecified atom stereocenters. The van der Waals surface area contributed by atoms with Crippen molar-refractivity contribution in [1.82, 2.24) is 19.8 Å². The van der Waals surface area contributed by atoms with Crippen LogP contribution in [-0.2, 0) is 16.6 Å². The van der Waals surface area contributed by atoms with Crippen LogP contribution < -0.4 is 10.6 Å². The number of halogens is 1. The van der Waals surface area contributed by atoms with Gasteiger partial charge < -0.3 is 10.6 Å². The van der Waals surface area contributed by atoms with Crippen LogP contribution in [0.4, 0.5) is 0 Å². The van der Waals surface area contributed by atoms with Crippen LogP contribution in [0, 0.1) is 0 Å². The molecule has 0 aromatic heterocycles. The molecule has 1 heterocycles. The van der Waals surface area contributed by atoms with Gasteiger partial charge >= 0.3 is 0 Å². The smallest absolute Gasteiger partial charge is 0.213 e. The van der Waals surface area contributed by atoms with Gasteiger partial charge in [-0.05, 0) is 38.3 Å². The van der Waals surface area contributed by atoms with Crippen LogP contribution in [0.1, 0.15) is 31.7 Å². The number of guanidine groups is 1. The van der Waals surface area contributed by atoms with Gasteiger partial charge in [0.05, 0.1) is 5.75 Å². The minimum absolute atomic E-state index is 0. The number of hydrogen-bond donors (Lipinski definition) is 2. The lowest BCUT2D eigenvalue weighted by atomic mass is 10.2. The highest BCUT2D eigenvalue weighted by atomic mass is 127. The molecule has 29 heavy (non-hydrogen) atoms. The van der Waals surface area contributed by atoms with E-state index in [1.54, 1.807) is 21.0 Å². The first-order valence-corrected chi connectivity index (χ1v) is 11.7. The first-order chi connectivity index (χ1) is 13.5. The molecule has 0 saturated carbocycles. The van der Waals surface area contributed by atoms with Gasteiger partial charge in [-0.25, -0.2) is 12.7 Å². The highest BCUT2D eigenvalue weighted by Gasteiger charge is 2.24. The van der Waals surface area contributed by atoms with Gasteiger partial charge in [-0.2, -0.15) is 0 Å². The molecule has 9 heteroatoms. The van der Waals surface area contributed by atoms with E-state index < -0.39 is 10.0 Å². The van der Waals surface area contributed by atoms with Crippen molar-refractivity contribution < 1.29 is 8.42 Å². The SMILES string of the molecule is CCS(=O)(=O)N(C)CCCNC(=NC)NCC1CCCN1Cc1ccccc1.I. The Kier molecular flexibility index (Phi) is 12.1. The normalized spacial score (nSPS) is 17.9. The van der Waals surface area contributed by atoms with Gasteiger partial charge in [0.25, 0.3) is 0 Å². The zero-order valence-corrected chi connectivity index (χ0v) is 20.9. The van der Waals surface area contributed by atoms with Crippen molar-refractivity contribution in [3.63, 3.8) is 0 Å². The zero-order valence-electron chi connectivity index (χ0n) is 17.8. The number of aliphatic imine (C=N–C) groups is 1. The summed E-state index contributed by atoms with van der Waals surface area (Å²) in [4.78, 5) is 6.81. The Bertz CT molecular complexity index is 715.